The minimum Gasteiger partial charge on any atom is -0.461 e. The van der Waals surface area contributed by atoms with Crippen molar-refractivity contribution in [3.63, 3.8) is 0 Å². The van der Waals surface area contributed by atoms with Gasteiger partial charge in [-0.2, -0.15) is 17.9 Å². The standard InChI is InChI=1S/C21H21F2N7O.C13H15F2NO2.C12H16F2N2.C12H15F2NO3S.C11H13F2NO.C11H11F2NO.C6H3BrF2/c1-28(14-6-8-29(9-7-14)16-5-4-13(22)11-15(16)23)18-12-19-25-20(17-3-2-10-31-17)27-30(19)21(24)26-18;14-10-1-2-12(11(15)9-10)16-5-3-13(4-6-16)17-7-8-18-13;1-15-10-4-6-16(7-5-10)12-3-2-9(13)8-11(12)14;1-19(16,17)18-10-4-6-15(7-5-10)12-3-2-9(13)8-11(12)14;2*12-8-1-2-11(10(13)7-8)14-5-3-9(15)4-6-14;7-5-2-1-4(8)3-6(5)9/h2-5,10-12,14H,6-9H2,1H3,(H2,24,26);1-2,9H,3-8H2;2-3,8,10,15H,4-7H2,1H3;2-3,8,10H,4-7H2,1H3;1-2,7,9,15H,3-6H2;1-2,7H,3-6H2;1-3H. The molecule has 37 heteroatoms. The molecule has 7 aliphatic heterocycles. The van der Waals surface area contributed by atoms with Gasteiger partial charge in [0.2, 0.25) is 11.8 Å². The highest BCUT2D eigenvalue weighted by molar-refractivity contribution is 9.10. The zero-order valence-corrected chi connectivity index (χ0v) is 69.9. The molecule has 10 aromatic rings. The molecule has 4 N–H and O–H groups in total. The Morgan fingerprint density at radius 1 is 0.496 bits per heavy atom. The Labute approximate surface area is 711 Å². The first-order chi connectivity index (χ1) is 58.8. The molecule has 0 bridgehead atoms. The summed E-state index contributed by atoms with van der Waals surface area (Å²) in [5.74, 6) is -6.11. The largest absolute Gasteiger partial charge is 0.461 e. The van der Waals surface area contributed by atoms with E-state index in [4.69, 9.17) is 23.8 Å². The highest BCUT2D eigenvalue weighted by Gasteiger charge is 2.40. The van der Waals surface area contributed by atoms with Gasteiger partial charge in [0.15, 0.2) is 17.2 Å². The minimum absolute atomic E-state index is 0.196. The van der Waals surface area contributed by atoms with Crippen LogP contribution in [-0.4, -0.2) is 181 Å². The normalized spacial score (nSPS) is 17.1. The molecule has 10 heterocycles. The molecule has 3 aromatic heterocycles. The summed E-state index contributed by atoms with van der Waals surface area (Å²) in [7, 11) is 0.441. The summed E-state index contributed by atoms with van der Waals surface area (Å²) in [6.07, 6.45) is 10.1. The Kier molecular flexibility index (Phi) is 32.9. The molecule has 1 spiro atoms. The Hall–Kier alpha value is -10.3. The van der Waals surface area contributed by atoms with Gasteiger partial charge in [0.1, 0.15) is 93.0 Å². The van der Waals surface area contributed by atoms with Crippen molar-refractivity contribution in [2.45, 2.75) is 107 Å². The van der Waals surface area contributed by atoms with Gasteiger partial charge >= 0.3 is 0 Å². The highest BCUT2D eigenvalue weighted by atomic mass is 79.9. The Morgan fingerprint density at radius 3 is 1.23 bits per heavy atom. The molecule has 7 aromatic carbocycles. The van der Waals surface area contributed by atoms with E-state index >= 15 is 0 Å². The molecular formula is C86H94BrF14N13O8S. The summed E-state index contributed by atoms with van der Waals surface area (Å²) in [5.41, 5.74) is 9.23. The number of piperidine rings is 6. The second kappa shape index (κ2) is 43.3. The number of hydrogen-bond donors (Lipinski definition) is 3. The van der Waals surface area contributed by atoms with Gasteiger partial charge in [0.05, 0.1) is 76.5 Å². The van der Waals surface area contributed by atoms with Crippen molar-refractivity contribution >= 4 is 83.4 Å². The molecule has 0 atom stereocenters. The first-order valence-electron chi connectivity index (χ1n) is 39.9. The van der Waals surface area contributed by atoms with E-state index in [1.54, 1.807) is 28.2 Å². The number of ether oxygens (including phenoxy) is 2. The number of anilines is 8. The zero-order valence-electron chi connectivity index (χ0n) is 67.5. The predicted molar refractivity (Wildman–Crippen MR) is 444 cm³/mol. The van der Waals surface area contributed by atoms with E-state index in [0.717, 1.165) is 87.5 Å². The van der Waals surface area contributed by atoms with E-state index in [1.807, 2.05) is 39.8 Å². The van der Waals surface area contributed by atoms with Crippen LogP contribution >= 0.6 is 15.9 Å². The van der Waals surface area contributed by atoms with Crippen LogP contribution in [0.5, 0.6) is 0 Å². The number of rotatable bonds is 12. The van der Waals surface area contributed by atoms with Crippen LogP contribution in [0.1, 0.15) is 77.0 Å². The Balaban J connectivity index is 0.000000144. The summed E-state index contributed by atoms with van der Waals surface area (Å²) in [6.45, 7) is 8.72. The molecule has 7 fully saturated rings. The van der Waals surface area contributed by atoms with Crippen LogP contribution in [0.3, 0.4) is 0 Å². The maximum absolute atomic E-state index is 14.1. The number of nitrogens with one attached hydrogen (secondary N) is 1. The molecule has 7 saturated heterocycles. The first-order valence-corrected chi connectivity index (χ1v) is 42.5. The number of nitrogen functional groups attached to an aromatic ring is 1. The van der Waals surface area contributed by atoms with Crippen molar-refractivity contribution in [2.75, 3.05) is 152 Å². The summed E-state index contributed by atoms with van der Waals surface area (Å²) in [5, 5.41) is 16.9. The molecule has 0 unspecified atom stereocenters. The molecule has 21 nitrogen and oxygen atoms in total. The average molecular weight is 1820 g/mol. The van der Waals surface area contributed by atoms with Crippen molar-refractivity contribution in [1.82, 2.24) is 24.9 Å². The van der Waals surface area contributed by atoms with E-state index in [2.05, 4.69) is 41.2 Å². The Bertz CT molecular complexity index is 5250. The van der Waals surface area contributed by atoms with Crippen molar-refractivity contribution in [2.24, 2.45) is 0 Å². The number of aromatic nitrogens is 4. The van der Waals surface area contributed by atoms with E-state index < -0.39 is 97.3 Å². The van der Waals surface area contributed by atoms with Crippen molar-refractivity contribution < 1.29 is 97.9 Å². The van der Waals surface area contributed by atoms with Gasteiger partial charge in [-0.3, -0.25) is 8.98 Å². The number of carbonyl (C=O) groups excluding carboxylic acids is 1. The molecule has 0 radical (unpaired) electrons. The fourth-order valence-corrected chi connectivity index (χ4v) is 15.9. The van der Waals surface area contributed by atoms with Gasteiger partial charge < -0.3 is 64.3 Å². The third kappa shape index (κ3) is 26.4. The lowest BCUT2D eigenvalue weighted by molar-refractivity contribution is -0.169. The molecular weight excluding hydrogens is 1720 g/mol. The monoisotopic (exact) mass is 1810 g/mol. The number of benzene rings is 7. The summed E-state index contributed by atoms with van der Waals surface area (Å²) >= 11 is 2.89. The smallest absolute Gasteiger partial charge is 0.264 e. The van der Waals surface area contributed by atoms with Crippen LogP contribution < -0.4 is 45.3 Å². The summed E-state index contributed by atoms with van der Waals surface area (Å²) in [4.78, 5) is 33.3. The number of ketones is 1. The third-order valence-corrected chi connectivity index (χ3v) is 22.9. The highest BCUT2D eigenvalue weighted by Crippen LogP contribution is 2.36. The van der Waals surface area contributed by atoms with Gasteiger partial charge in [0, 0.05) is 172 Å². The number of nitrogens with zero attached hydrogens (tertiary/aromatic N) is 11. The number of carbonyl (C=O) groups is 1. The van der Waals surface area contributed by atoms with Crippen LogP contribution in [-0.2, 0) is 28.6 Å². The van der Waals surface area contributed by atoms with Crippen LogP contribution in [0, 0.1) is 81.4 Å². The summed E-state index contributed by atoms with van der Waals surface area (Å²) < 4.78 is 228. The van der Waals surface area contributed by atoms with E-state index in [-0.39, 0.29) is 34.5 Å². The zero-order chi connectivity index (χ0) is 88.2. The number of furan rings is 1. The number of hydrogen-bond acceptors (Lipinski definition) is 20. The van der Waals surface area contributed by atoms with Crippen LogP contribution in [0.2, 0.25) is 0 Å². The molecule has 17 rings (SSSR count). The fourth-order valence-electron chi connectivity index (χ4n) is 15.0. The number of aliphatic hydroxyl groups is 1. The molecule has 662 valence electrons. The lowest BCUT2D eigenvalue weighted by atomic mass is 10.0. The molecule has 0 aliphatic carbocycles. The maximum Gasteiger partial charge on any atom is 0.264 e. The molecule has 0 saturated carbocycles. The number of Topliss-reactive ketones (excluding diaryl/α,β-unsaturated/α-hetero) is 1. The minimum atomic E-state index is -3.46. The SMILES string of the molecule is CN(c1cc2nc(-c3ccco3)nn2c(N)n1)C1CCN(c2ccc(F)cc2F)CC1.CNC1CCN(c2ccc(F)cc2F)CC1.CS(=O)(=O)OC1CCN(c2ccc(F)cc2F)CC1.Fc1ccc(Br)c(F)c1.Fc1ccc(N2CCC3(CC2)OCCO3)c(F)c1.O=C1CCN(c2ccc(F)cc2F)CC1.OC1CCN(c2ccc(F)cc2F)CC1. The predicted octanol–water partition coefficient (Wildman–Crippen LogP) is 16.5. The first kappa shape index (κ1) is 93.4. The van der Waals surface area contributed by atoms with Crippen molar-refractivity contribution in [3.05, 3.63) is 238 Å². The average Bonchev–Trinajstić information content (AvgIpc) is 1.63. The number of halogens is 15. The van der Waals surface area contributed by atoms with Gasteiger partial charge in [-0.15, -0.1) is 5.10 Å². The fraction of sp³-hybridized carbons (Fsp3) is 0.395. The number of aliphatic hydroxyl groups excluding tert-OH is 1. The second-order valence-electron chi connectivity index (χ2n) is 30.0. The molecule has 123 heavy (non-hydrogen) atoms. The van der Waals surface area contributed by atoms with Crippen LogP contribution in [0.4, 0.5) is 107 Å². The van der Waals surface area contributed by atoms with Crippen molar-refractivity contribution in [3.8, 4) is 11.6 Å². The summed E-state index contributed by atoms with van der Waals surface area (Å²) in [6, 6.07) is 31.1. The van der Waals surface area contributed by atoms with E-state index in [9.17, 15) is 79.8 Å². The van der Waals surface area contributed by atoms with Gasteiger partial charge in [-0.05, 0) is 171 Å². The third-order valence-electron chi connectivity index (χ3n) is 21.6. The number of nitrogens with two attached hydrogens (primary N) is 1. The second-order valence-corrected chi connectivity index (χ2v) is 32.4. The lowest BCUT2D eigenvalue weighted by Gasteiger charge is -2.38. The van der Waals surface area contributed by atoms with Crippen LogP contribution in [0.25, 0.3) is 17.2 Å². The van der Waals surface area contributed by atoms with Crippen molar-refractivity contribution in [1.29, 1.82) is 0 Å². The molecule has 0 amide bonds. The van der Waals surface area contributed by atoms with Crippen LogP contribution in [0.15, 0.2) is 161 Å². The Morgan fingerprint density at radius 2 is 0.862 bits per heavy atom. The molecule has 7 aliphatic rings. The topological polar surface area (TPSA) is 216 Å². The van der Waals surface area contributed by atoms with Gasteiger partial charge in [-0.1, -0.05) is 0 Å². The van der Waals surface area contributed by atoms with Gasteiger partial charge in [0.25, 0.3) is 10.1 Å². The maximum atomic E-state index is 14.1. The van der Waals surface area contributed by atoms with E-state index in [1.165, 1.54) is 89.4 Å². The number of fused-ring (bicyclic) bond motifs is 1. The van der Waals surface area contributed by atoms with Gasteiger partial charge in [-0.25, -0.2) is 66.4 Å². The van der Waals surface area contributed by atoms with E-state index in [0.29, 0.717) is 193 Å². The quantitative estimate of drug-likeness (QED) is 0.0589. The lowest BCUT2D eigenvalue weighted by Crippen LogP contribution is -2.45.